The number of carbonyl (C=O) groups excluding carboxylic acids is 2. The average Bonchev–Trinajstić information content (AvgIpc) is 3.13. The van der Waals surface area contributed by atoms with E-state index in [4.69, 9.17) is 4.74 Å². The van der Waals surface area contributed by atoms with Gasteiger partial charge in [-0.25, -0.2) is 8.42 Å². The SMILES string of the molecule is COC(=O)[C@H](Cc1ccccc1)NS(=O)(=O)c1ccc(N2CCCC2=O)cc1. The maximum Gasteiger partial charge on any atom is 0.324 e. The first-order valence-electron chi connectivity index (χ1n) is 8.95. The number of methoxy groups -OCH3 is 1. The van der Waals surface area contributed by atoms with Crippen LogP contribution in [0.15, 0.2) is 59.5 Å². The molecule has 3 rings (SSSR count). The van der Waals surface area contributed by atoms with Crippen LogP contribution in [0.3, 0.4) is 0 Å². The molecule has 7 nitrogen and oxygen atoms in total. The van der Waals surface area contributed by atoms with E-state index in [1.165, 1.54) is 19.2 Å². The lowest BCUT2D eigenvalue weighted by atomic mass is 10.1. The summed E-state index contributed by atoms with van der Waals surface area (Å²) in [4.78, 5) is 25.6. The molecule has 148 valence electrons. The van der Waals surface area contributed by atoms with Gasteiger partial charge in [-0.3, -0.25) is 9.59 Å². The second kappa shape index (κ2) is 8.53. The van der Waals surface area contributed by atoms with E-state index >= 15 is 0 Å². The molecule has 2 aromatic rings. The summed E-state index contributed by atoms with van der Waals surface area (Å²) in [5, 5.41) is 0. The number of sulfonamides is 1. The Kier molecular flexibility index (Phi) is 6.11. The molecule has 0 unspecified atom stereocenters. The minimum atomic E-state index is -3.94. The minimum Gasteiger partial charge on any atom is -0.468 e. The summed E-state index contributed by atoms with van der Waals surface area (Å²) in [5.74, 6) is -0.630. The van der Waals surface area contributed by atoms with Crippen molar-refractivity contribution in [2.45, 2.75) is 30.2 Å². The molecule has 1 heterocycles. The van der Waals surface area contributed by atoms with E-state index < -0.39 is 22.0 Å². The zero-order valence-electron chi connectivity index (χ0n) is 15.5. The monoisotopic (exact) mass is 402 g/mol. The summed E-state index contributed by atoms with van der Waals surface area (Å²) in [6.45, 7) is 0.630. The molecule has 1 aliphatic rings. The molecule has 0 saturated carbocycles. The number of carbonyl (C=O) groups is 2. The quantitative estimate of drug-likeness (QED) is 0.714. The second-order valence-electron chi connectivity index (χ2n) is 6.53. The lowest BCUT2D eigenvalue weighted by Gasteiger charge is -2.18. The highest BCUT2D eigenvalue weighted by molar-refractivity contribution is 7.89. The van der Waals surface area contributed by atoms with E-state index in [9.17, 15) is 18.0 Å². The molecule has 1 amide bonds. The summed E-state index contributed by atoms with van der Waals surface area (Å²) in [7, 11) is -2.72. The Hall–Kier alpha value is -2.71. The molecule has 28 heavy (non-hydrogen) atoms. The number of benzene rings is 2. The number of amides is 1. The van der Waals surface area contributed by atoms with Crippen LogP contribution < -0.4 is 9.62 Å². The maximum atomic E-state index is 12.8. The van der Waals surface area contributed by atoms with Crippen molar-refractivity contribution in [3.63, 3.8) is 0 Å². The Morgan fingerprint density at radius 3 is 2.39 bits per heavy atom. The molecule has 1 fully saturated rings. The van der Waals surface area contributed by atoms with Gasteiger partial charge in [-0.15, -0.1) is 0 Å². The number of rotatable bonds is 7. The molecule has 0 spiro atoms. The fourth-order valence-electron chi connectivity index (χ4n) is 3.15. The molecular weight excluding hydrogens is 380 g/mol. The van der Waals surface area contributed by atoms with Crippen LogP contribution >= 0.6 is 0 Å². The van der Waals surface area contributed by atoms with Crippen LogP contribution in [0.4, 0.5) is 5.69 Å². The van der Waals surface area contributed by atoms with Crippen LogP contribution in [-0.4, -0.2) is 40.0 Å². The summed E-state index contributed by atoms with van der Waals surface area (Å²) >= 11 is 0. The molecule has 1 N–H and O–H groups in total. The first-order valence-corrected chi connectivity index (χ1v) is 10.4. The summed E-state index contributed by atoms with van der Waals surface area (Å²) in [6, 6.07) is 14.1. The average molecular weight is 402 g/mol. The Labute approximate surface area is 164 Å². The number of hydrogen-bond acceptors (Lipinski definition) is 5. The van der Waals surface area contributed by atoms with Crippen molar-refractivity contribution < 1.29 is 22.7 Å². The van der Waals surface area contributed by atoms with Crippen molar-refractivity contribution in [2.75, 3.05) is 18.6 Å². The van der Waals surface area contributed by atoms with Gasteiger partial charge in [0.1, 0.15) is 6.04 Å². The second-order valence-corrected chi connectivity index (χ2v) is 8.24. The Morgan fingerprint density at radius 1 is 1.14 bits per heavy atom. The molecule has 2 aromatic carbocycles. The highest BCUT2D eigenvalue weighted by atomic mass is 32.2. The zero-order valence-corrected chi connectivity index (χ0v) is 16.3. The van der Waals surface area contributed by atoms with Crippen molar-refractivity contribution in [3.8, 4) is 0 Å². The van der Waals surface area contributed by atoms with Crippen LogP contribution in [0.25, 0.3) is 0 Å². The van der Waals surface area contributed by atoms with Crippen LogP contribution in [0.2, 0.25) is 0 Å². The maximum absolute atomic E-state index is 12.8. The molecule has 8 heteroatoms. The van der Waals surface area contributed by atoms with E-state index in [-0.39, 0.29) is 17.2 Å². The summed E-state index contributed by atoms with van der Waals surface area (Å²) in [6.07, 6.45) is 1.47. The van der Waals surface area contributed by atoms with Gasteiger partial charge in [0.25, 0.3) is 0 Å². The molecule has 1 saturated heterocycles. The van der Waals surface area contributed by atoms with Crippen LogP contribution in [0.1, 0.15) is 18.4 Å². The highest BCUT2D eigenvalue weighted by Gasteiger charge is 2.27. The fraction of sp³-hybridized carbons (Fsp3) is 0.300. The standard InChI is InChI=1S/C20H22N2O5S/c1-27-20(24)18(14-15-6-3-2-4-7-15)21-28(25,26)17-11-9-16(10-12-17)22-13-5-8-19(22)23/h2-4,6-7,9-12,18,21H,5,8,13-14H2,1H3/t18-/m0/s1. The third-order valence-corrected chi connectivity index (χ3v) is 6.09. The largest absolute Gasteiger partial charge is 0.468 e. The highest BCUT2D eigenvalue weighted by Crippen LogP contribution is 2.23. The first-order chi connectivity index (χ1) is 13.4. The number of esters is 1. The Bertz CT molecular complexity index is 942. The third kappa shape index (κ3) is 4.58. The van der Waals surface area contributed by atoms with Crippen molar-refractivity contribution in [1.82, 2.24) is 4.72 Å². The zero-order chi connectivity index (χ0) is 20.1. The van der Waals surface area contributed by atoms with Gasteiger partial charge in [-0.2, -0.15) is 4.72 Å². The molecule has 0 bridgehead atoms. The summed E-state index contributed by atoms with van der Waals surface area (Å²) in [5.41, 5.74) is 1.47. The molecule has 0 aromatic heterocycles. The van der Waals surface area contributed by atoms with Gasteiger partial charge in [-0.1, -0.05) is 30.3 Å². The molecule has 1 atom stereocenters. The number of nitrogens with one attached hydrogen (secondary N) is 1. The van der Waals surface area contributed by atoms with Crippen molar-refractivity contribution in [2.24, 2.45) is 0 Å². The third-order valence-electron chi connectivity index (χ3n) is 4.60. The molecule has 1 aliphatic heterocycles. The molecule has 0 radical (unpaired) electrons. The number of ether oxygens (including phenoxy) is 1. The van der Waals surface area contributed by atoms with Gasteiger partial charge in [0, 0.05) is 18.7 Å². The normalized spacial score (nSPS) is 15.5. The minimum absolute atomic E-state index is 0.0184. The predicted octanol–water partition coefficient (Wildman–Crippen LogP) is 1.88. The lowest BCUT2D eigenvalue weighted by Crippen LogP contribution is -2.43. The number of anilines is 1. The topological polar surface area (TPSA) is 92.8 Å². The smallest absolute Gasteiger partial charge is 0.324 e. The number of hydrogen-bond donors (Lipinski definition) is 1. The van der Waals surface area contributed by atoms with E-state index in [1.807, 2.05) is 30.3 Å². The van der Waals surface area contributed by atoms with Crippen molar-refractivity contribution in [3.05, 3.63) is 60.2 Å². The number of nitrogens with zero attached hydrogens (tertiary/aromatic N) is 1. The van der Waals surface area contributed by atoms with Gasteiger partial charge in [-0.05, 0) is 42.7 Å². The predicted molar refractivity (Wildman–Crippen MR) is 104 cm³/mol. The van der Waals surface area contributed by atoms with Gasteiger partial charge >= 0.3 is 5.97 Å². The molecular formula is C20H22N2O5S. The van der Waals surface area contributed by atoms with E-state index in [2.05, 4.69) is 4.72 Å². The van der Waals surface area contributed by atoms with E-state index in [0.29, 0.717) is 18.7 Å². The lowest BCUT2D eigenvalue weighted by molar-refractivity contribution is -0.142. The van der Waals surface area contributed by atoms with Gasteiger partial charge in [0.2, 0.25) is 15.9 Å². The van der Waals surface area contributed by atoms with E-state index in [0.717, 1.165) is 12.0 Å². The van der Waals surface area contributed by atoms with E-state index in [1.54, 1.807) is 17.0 Å². The van der Waals surface area contributed by atoms with Crippen LogP contribution in [0.5, 0.6) is 0 Å². The van der Waals surface area contributed by atoms with Gasteiger partial charge in [0.15, 0.2) is 0 Å². The Balaban J connectivity index is 1.78. The van der Waals surface area contributed by atoms with Crippen LogP contribution in [-0.2, 0) is 30.8 Å². The van der Waals surface area contributed by atoms with Crippen LogP contribution in [0, 0.1) is 0 Å². The first kappa shape index (κ1) is 20.0. The van der Waals surface area contributed by atoms with Gasteiger partial charge in [0.05, 0.1) is 12.0 Å². The fourth-order valence-corrected chi connectivity index (χ4v) is 4.33. The van der Waals surface area contributed by atoms with Gasteiger partial charge < -0.3 is 9.64 Å². The summed E-state index contributed by atoms with van der Waals surface area (Å²) < 4.78 is 32.7. The van der Waals surface area contributed by atoms with Crippen molar-refractivity contribution in [1.29, 1.82) is 0 Å². The Morgan fingerprint density at radius 2 is 1.82 bits per heavy atom. The van der Waals surface area contributed by atoms with Crippen molar-refractivity contribution >= 4 is 27.6 Å². The molecule has 0 aliphatic carbocycles.